The van der Waals surface area contributed by atoms with Crippen LogP contribution < -0.4 is 10.1 Å². The highest BCUT2D eigenvalue weighted by Crippen LogP contribution is 2.24. The lowest BCUT2D eigenvalue weighted by Crippen LogP contribution is -2.40. The first-order chi connectivity index (χ1) is 13.9. The van der Waals surface area contributed by atoms with Crippen LogP contribution in [-0.4, -0.2) is 51.5 Å². The Morgan fingerprint density at radius 2 is 1.93 bits per heavy atom. The Balaban J connectivity index is 1.78. The van der Waals surface area contributed by atoms with Crippen LogP contribution in [-0.2, 0) is 21.3 Å². The fourth-order valence-electron chi connectivity index (χ4n) is 2.99. The minimum atomic E-state index is -3.72. The average Bonchev–Trinajstić information content (AvgIpc) is 2.74. The number of nitrogens with one attached hydrogen (secondary N) is 1. The molecule has 29 heavy (non-hydrogen) atoms. The standard InChI is InChI=1S/C20H23ClN2O5S/c1-2-28-19-6-4-3-5-15(19)14-22-20(24)17-13-16(7-8-18(17)21)29(25,26)23-9-11-27-12-10-23/h3-8,13H,2,9-12,14H2,1H3,(H,22,24). The molecule has 0 aliphatic carbocycles. The SMILES string of the molecule is CCOc1ccccc1CNC(=O)c1cc(S(=O)(=O)N2CCOCC2)ccc1Cl. The topological polar surface area (TPSA) is 84.9 Å². The first kappa shape index (κ1) is 21.6. The largest absolute Gasteiger partial charge is 0.494 e. The van der Waals surface area contributed by atoms with Gasteiger partial charge in [-0.25, -0.2) is 8.42 Å². The number of carbonyl (C=O) groups is 1. The van der Waals surface area contributed by atoms with Gasteiger partial charge in [0.2, 0.25) is 10.0 Å². The summed E-state index contributed by atoms with van der Waals surface area (Å²) in [5, 5.41) is 2.96. The molecule has 1 N–H and O–H groups in total. The molecular formula is C20H23ClN2O5S. The van der Waals surface area contributed by atoms with Crippen LogP contribution in [0, 0.1) is 0 Å². The molecule has 7 nitrogen and oxygen atoms in total. The van der Waals surface area contributed by atoms with Crippen molar-refractivity contribution < 1.29 is 22.7 Å². The summed E-state index contributed by atoms with van der Waals surface area (Å²) < 4.78 is 37.8. The molecule has 1 aliphatic heterocycles. The zero-order valence-corrected chi connectivity index (χ0v) is 17.6. The van der Waals surface area contributed by atoms with Crippen molar-refractivity contribution in [2.45, 2.75) is 18.4 Å². The zero-order chi connectivity index (χ0) is 20.9. The Morgan fingerprint density at radius 3 is 2.66 bits per heavy atom. The normalized spacial score (nSPS) is 15.1. The van der Waals surface area contributed by atoms with Crippen molar-refractivity contribution >= 4 is 27.5 Å². The summed E-state index contributed by atoms with van der Waals surface area (Å²) in [4.78, 5) is 12.7. The van der Waals surface area contributed by atoms with Crippen LogP contribution in [0.3, 0.4) is 0 Å². The third-order valence-corrected chi connectivity index (χ3v) is 6.73. The van der Waals surface area contributed by atoms with Gasteiger partial charge in [0.25, 0.3) is 5.91 Å². The lowest BCUT2D eigenvalue weighted by atomic mass is 10.1. The van der Waals surface area contributed by atoms with E-state index in [0.717, 1.165) is 5.56 Å². The molecule has 9 heteroatoms. The van der Waals surface area contributed by atoms with Gasteiger partial charge >= 0.3 is 0 Å². The van der Waals surface area contributed by atoms with Gasteiger partial charge in [-0.15, -0.1) is 0 Å². The molecule has 1 saturated heterocycles. The smallest absolute Gasteiger partial charge is 0.253 e. The number of rotatable bonds is 7. The van der Waals surface area contributed by atoms with Gasteiger partial charge in [0.05, 0.1) is 35.3 Å². The summed E-state index contributed by atoms with van der Waals surface area (Å²) in [5.74, 6) is 0.227. The zero-order valence-electron chi connectivity index (χ0n) is 16.1. The van der Waals surface area contributed by atoms with E-state index in [1.54, 1.807) is 0 Å². The molecule has 0 radical (unpaired) electrons. The number of hydrogen-bond donors (Lipinski definition) is 1. The van der Waals surface area contributed by atoms with Crippen molar-refractivity contribution in [1.29, 1.82) is 0 Å². The number of benzene rings is 2. The minimum absolute atomic E-state index is 0.0312. The summed E-state index contributed by atoms with van der Waals surface area (Å²) in [6.45, 7) is 3.87. The van der Waals surface area contributed by atoms with Gasteiger partial charge in [-0.2, -0.15) is 4.31 Å². The second kappa shape index (κ2) is 9.58. The predicted octanol–water partition coefficient (Wildman–Crippen LogP) is 2.69. The highest BCUT2D eigenvalue weighted by molar-refractivity contribution is 7.89. The summed E-state index contributed by atoms with van der Waals surface area (Å²) in [6.07, 6.45) is 0. The van der Waals surface area contributed by atoms with E-state index in [4.69, 9.17) is 21.1 Å². The predicted molar refractivity (Wildman–Crippen MR) is 110 cm³/mol. The number of hydrogen-bond acceptors (Lipinski definition) is 5. The second-order valence-corrected chi connectivity index (χ2v) is 8.73. The molecule has 1 aliphatic rings. The summed E-state index contributed by atoms with van der Waals surface area (Å²) in [5.41, 5.74) is 0.922. The number of halogens is 1. The number of nitrogens with zero attached hydrogens (tertiary/aromatic N) is 1. The van der Waals surface area contributed by atoms with Crippen LogP contribution in [0.5, 0.6) is 5.75 Å². The van der Waals surface area contributed by atoms with Crippen molar-refractivity contribution in [3.8, 4) is 5.75 Å². The van der Waals surface area contributed by atoms with E-state index in [1.807, 2.05) is 31.2 Å². The molecule has 0 atom stereocenters. The third-order valence-electron chi connectivity index (χ3n) is 4.50. The molecule has 0 spiro atoms. The highest BCUT2D eigenvalue weighted by Gasteiger charge is 2.27. The highest BCUT2D eigenvalue weighted by atomic mass is 35.5. The molecule has 1 heterocycles. The summed E-state index contributed by atoms with van der Waals surface area (Å²) in [7, 11) is -3.72. The lowest BCUT2D eigenvalue weighted by Gasteiger charge is -2.26. The van der Waals surface area contributed by atoms with Crippen molar-refractivity contribution in [3.05, 3.63) is 58.6 Å². The van der Waals surface area contributed by atoms with Gasteiger partial charge in [-0.3, -0.25) is 4.79 Å². The van der Waals surface area contributed by atoms with Crippen LogP contribution in [0.4, 0.5) is 0 Å². The molecule has 1 fully saturated rings. The van der Waals surface area contributed by atoms with Gasteiger partial charge in [0.1, 0.15) is 5.75 Å². The monoisotopic (exact) mass is 438 g/mol. The molecule has 1 amide bonds. The van der Waals surface area contributed by atoms with Gasteiger partial charge in [-0.1, -0.05) is 29.8 Å². The number of amides is 1. The number of morpholine rings is 1. The Labute approximate surface area is 175 Å². The molecule has 2 aromatic carbocycles. The van der Waals surface area contributed by atoms with Gasteiger partial charge in [0.15, 0.2) is 0 Å². The summed E-state index contributed by atoms with van der Waals surface area (Å²) in [6, 6.07) is 11.5. The molecule has 3 rings (SSSR count). The maximum Gasteiger partial charge on any atom is 0.253 e. The van der Waals surface area contributed by atoms with E-state index < -0.39 is 15.9 Å². The second-order valence-electron chi connectivity index (χ2n) is 6.38. The average molecular weight is 439 g/mol. The third kappa shape index (κ3) is 5.08. The van der Waals surface area contributed by atoms with E-state index >= 15 is 0 Å². The quantitative estimate of drug-likeness (QED) is 0.718. The first-order valence-electron chi connectivity index (χ1n) is 9.30. The Bertz CT molecular complexity index is 975. The first-order valence-corrected chi connectivity index (χ1v) is 11.1. The van der Waals surface area contributed by atoms with Crippen molar-refractivity contribution in [2.24, 2.45) is 0 Å². The number of carbonyl (C=O) groups excluding carboxylic acids is 1. The number of para-hydroxylation sites is 1. The molecule has 156 valence electrons. The van der Waals surface area contributed by atoms with Crippen LogP contribution in [0.2, 0.25) is 5.02 Å². The number of ether oxygens (including phenoxy) is 2. The van der Waals surface area contributed by atoms with E-state index in [1.165, 1.54) is 22.5 Å². The maximum atomic E-state index is 12.8. The summed E-state index contributed by atoms with van der Waals surface area (Å²) >= 11 is 6.18. The molecule has 2 aromatic rings. The van der Waals surface area contributed by atoms with Crippen LogP contribution >= 0.6 is 11.6 Å². The Hall–Kier alpha value is -2.13. The molecule has 0 bridgehead atoms. The number of sulfonamides is 1. The van der Waals surface area contributed by atoms with Crippen molar-refractivity contribution in [1.82, 2.24) is 9.62 Å². The van der Waals surface area contributed by atoms with E-state index in [0.29, 0.717) is 25.6 Å². The van der Waals surface area contributed by atoms with Crippen molar-refractivity contribution in [2.75, 3.05) is 32.9 Å². The van der Waals surface area contributed by atoms with Crippen LogP contribution in [0.15, 0.2) is 47.4 Å². The van der Waals surface area contributed by atoms with Gasteiger partial charge < -0.3 is 14.8 Å². The Morgan fingerprint density at radius 1 is 1.21 bits per heavy atom. The molecular weight excluding hydrogens is 416 g/mol. The fraction of sp³-hybridized carbons (Fsp3) is 0.350. The molecule has 0 unspecified atom stereocenters. The molecule has 0 aromatic heterocycles. The minimum Gasteiger partial charge on any atom is -0.494 e. The van der Waals surface area contributed by atoms with Crippen molar-refractivity contribution in [3.63, 3.8) is 0 Å². The van der Waals surface area contributed by atoms with E-state index in [9.17, 15) is 13.2 Å². The molecule has 0 saturated carbocycles. The maximum absolute atomic E-state index is 12.8. The van der Waals surface area contributed by atoms with Gasteiger partial charge in [-0.05, 0) is 31.2 Å². The Kier molecular flexibility index (Phi) is 7.13. The van der Waals surface area contributed by atoms with E-state index in [-0.39, 0.29) is 35.1 Å². The van der Waals surface area contributed by atoms with Gasteiger partial charge in [0, 0.05) is 25.2 Å². The van der Waals surface area contributed by atoms with E-state index in [2.05, 4.69) is 5.32 Å². The lowest BCUT2D eigenvalue weighted by molar-refractivity contribution is 0.0730. The van der Waals surface area contributed by atoms with Crippen LogP contribution in [0.1, 0.15) is 22.8 Å². The fourth-order valence-corrected chi connectivity index (χ4v) is 4.63. The van der Waals surface area contributed by atoms with Crippen LogP contribution in [0.25, 0.3) is 0 Å².